The van der Waals surface area contributed by atoms with Crippen LogP contribution in [0.25, 0.3) is 0 Å². The molecule has 0 aliphatic heterocycles. The summed E-state index contributed by atoms with van der Waals surface area (Å²) in [6.45, 7) is 9.14. The van der Waals surface area contributed by atoms with Crippen LogP contribution in [0.3, 0.4) is 0 Å². The number of hydrogen-bond acceptors (Lipinski definition) is 11. The molecule has 0 aromatic heterocycles. The predicted octanol–water partition coefficient (Wildman–Crippen LogP) is 2.13. The number of carbonyl (C=O) groups is 2. The zero-order valence-corrected chi connectivity index (χ0v) is 16.4. The molecule has 0 saturated heterocycles. The Hall–Kier alpha value is -1.90. The van der Waals surface area contributed by atoms with Gasteiger partial charge in [-0.2, -0.15) is 14.7 Å². The second-order valence-corrected chi connectivity index (χ2v) is 7.34. The normalized spacial score (nSPS) is 15.8. The monoisotopic (exact) mass is 410 g/mol. The molecule has 0 radical (unpaired) electrons. The molecule has 0 aliphatic carbocycles. The molecule has 0 rings (SSSR count). The highest BCUT2D eigenvalue weighted by Crippen LogP contribution is 2.26. The fourth-order valence-electron chi connectivity index (χ4n) is 1.68. The van der Waals surface area contributed by atoms with Crippen molar-refractivity contribution >= 4 is 11.9 Å². The third-order valence-electron chi connectivity index (χ3n) is 2.38. The van der Waals surface area contributed by atoms with E-state index in [9.17, 15) is 9.59 Å². The van der Waals surface area contributed by atoms with E-state index in [-0.39, 0.29) is 0 Å². The maximum absolute atomic E-state index is 12.1. The van der Waals surface area contributed by atoms with Crippen molar-refractivity contribution in [1.29, 1.82) is 0 Å². The molecule has 0 saturated carbocycles. The molecule has 0 amide bonds. The molecule has 4 N–H and O–H groups in total. The zero-order chi connectivity index (χ0) is 22.2. The van der Waals surface area contributed by atoms with Gasteiger partial charge in [-0.1, -0.05) is 0 Å². The van der Waals surface area contributed by atoms with E-state index >= 15 is 0 Å². The molecule has 0 aliphatic rings. The number of hydrogen-bond donors (Lipinski definition) is 4. The Kier molecular flexibility index (Phi) is 9.36. The van der Waals surface area contributed by atoms with E-state index in [1.807, 2.05) is 0 Å². The number of carbonyl (C=O) groups excluding carboxylic acids is 1. The minimum Gasteiger partial charge on any atom is -0.478 e. The van der Waals surface area contributed by atoms with E-state index in [0.29, 0.717) is 24.3 Å². The predicted molar refractivity (Wildman–Crippen MR) is 90.3 cm³/mol. The average Bonchev–Trinajstić information content (AvgIpc) is 2.54. The first-order valence-corrected chi connectivity index (χ1v) is 7.84. The van der Waals surface area contributed by atoms with Gasteiger partial charge in [0.15, 0.2) is 0 Å². The Morgan fingerprint density at radius 1 is 0.714 bits per heavy atom. The van der Waals surface area contributed by atoms with Gasteiger partial charge in [0.1, 0.15) is 0 Å². The van der Waals surface area contributed by atoms with Crippen molar-refractivity contribution in [2.45, 2.75) is 64.7 Å². The summed E-state index contributed by atoms with van der Waals surface area (Å²) in [7, 11) is 0. The van der Waals surface area contributed by atoms with Crippen LogP contribution in [0.2, 0.25) is 0 Å². The van der Waals surface area contributed by atoms with E-state index in [4.69, 9.17) is 35.1 Å². The largest absolute Gasteiger partial charge is 0.478 e. The summed E-state index contributed by atoms with van der Waals surface area (Å²) in [5, 5.41) is 35.8. The van der Waals surface area contributed by atoms with Crippen LogP contribution in [0.15, 0.2) is 24.3 Å². The lowest BCUT2D eigenvalue weighted by Gasteiger charge is -2.33. The molecule has 0 aromatic rings. The van der Waals surface area contributed by atoms with E-state index in [0.717, 1.165) is 0 Å². The molecule has 0 bridgehead atoms. The molecular weight excluding hydrogens is 384 g/mol. The highest BCUT2D eigenvalue weighted by molar-refractivity contribution is 5.83. The summed E-state index contributed by atoms with van der Waals surface area (Å²) in [5.41, 5.74) is -2.06. The summed E-state index contributed by atoms with van der Waals surface area (Å²) in [4.78, 5) is 34.8. The third-order valence-corrected chi connectivity index (χ3v) is 2.38. The molecule has 0 aromatic carbocycles. The number of carboxylic acids is 1. The number of carboxylic acid groups (broad SMARTS) is 1. The van der Waals surface area contributed by atoms with Crippen molar-refractivity contribution in [3.8, 4) is 0 Å². The molecule has 0 heterocycles. The SMILES string of the molecule is CC(C)(C)OC(/C=C\C(=O)OC(/C=C\C(=O)O)(OO)OC(C)(C)C)(OO)OO. The zero-order valence-electron chi connectivity index (χ0n) is 16.4. The standard InChI is InChI=1S/C16H26O12/c1-13(2,3)24-15(26-20,9-7-11(17)18)23-12(19)8-10-16(27-21,28-22)25-14(4,5)6/h7-10,20-22H,1-6H3,(H,17,18)/b9-7-,10-8-. The molecule has 12 heteroatoms. The topological polar surface area (TPSA) is 170 Å². The molecule has 0 fully saturated rings. The van der Waals surface area contributed by atoms with Crippen LogP contribution < -0.4 is 0 Å². The lowest BCUT2D eigenvalue weighted by Crippen LogP contribution is -2.44. The number of esters is 1. The summed E-state index contributed by atoms with van der Waals surface area (Å²) < 4.78 is 15.2. The summed E-state index contributed by atoms with van der Waals surface area (Å²) in [6.07, 6.45) is 2.36. The van der Waals surface area contributed by atoms with Crippen LogP contribution in [0, 0.1) is 0 Å². The summed E-state index contributed by atoms with van der Waals surface area (Å²) >= 11 is 0. The van der Waals surface area contributed by atoms with Gasteiger partial charge in [0.25, 0.3) is 0 Å². The van der Waals surface area contributed by atoms with Gasteiger partial charge in [-0.15, -0.1) is 0 Å². The van der Waals surface area contributed by atoms with Crippen LogP contribution in [0.1, 0.15) is 41.5 Å². The maximum atomic E-state index is 12.1. The molecular formula is C16H26O12. The van der Waals surface area contributed by atoms with Crippen LogP contribution in [-0.4, -0.2) is 56.0 Å². The smallest absolute Gasteiger partial charge is 0.379 e. The van der Waals surface area contributed by atoms with Crippen LogP contribution in [-0.2, 0) is 38.5 Å². The fraction of sp³-hybridized carbons (Fsp3) is 0.625. The first-order chi connectivity index (χ1) is 12.6. The Morgan fingerprint density at radius 3 is 1.46 bits per heavy atom. The highest BCUT2D eigenvalue weighted by atomic mass is 17.3. The van der Waals surface area contributed by atoms with Crippen molar-refractivity contribution in [2.24, 2.45) is 0 Å². The number of rotatable bonds is 10. The Morgan fingerprint density at radius 2 is 1.11 bits per heavy atom. The van der Waals surface area contributed by atoms with Gasteiger partial charge in [-0.05, 0) is 41.5 Å². The second-order valence-electron chi connectivity index (χ2n) is 7.34. The van der Waals surface area contributed by atoms with Gasteiger partial charge in [-0.25, -0.2) is 25.4 Å². The minimum absolute atomic E-state index is 0.514. The first-order valence-electron chi connectivity index (χ1n) is 7.84. The summed E-state index contributed by atoms with van der Waals surface area (Å²) in [6, 6.07) is 0. The van der Waals surface area contributed by atoms with Crippen molar-refractivity contribution in [1.82, 2.24) is 0 Å². The third kappa shape index (κ3) is 9.87. The number of ether oxygens (including phenoxy) is 3. The van der Waals surface area contributed by atoms with Crippen molar-refractivity contribution in [3.05, 3.63) is 24.3 Å². The quantitative estimate of drug-likeness (QED) is 0.136. The van der Waals surface area contributed by atoms with Gasteiger partial charge in [-0.3, -0.25) is 0 Å². The van der Waals surface area contributed by atoms with E-state index < -0.39 is 35.1 Å². The van der Waals surface area contributed by atoms with Gasteiger partial charge < -0.3 is 19.3 Å². The van der Waals surface area contributed by atoms with Gasteiger partial charge in [0, 0.05) is 24.3 Å². The molecule has 162 valence electrons. The van der Waals surface area contributed by atoms with Gasteiger partial charge in [0.05, 0.1) is 11.2 Å². The van der Waals surface area contributed by atoms with Crippen molar-refractivity contribution < 1.29 is 59.3 Å². The van der Waals surface area contributed by atoms with Crippen LogP contribution in [0.4, 0.5) is 0 Å². The number of aliphatic carboxylic acids is 1. The van der Waals surface area contributed by atoms with E-state index in [1.54, 1.807) is 0 Å². The van der Waals surface area contributed by atoms with Crippen molar-refractivity contribution in [2.75, 3.05) is 0 Å². The molecule has 0 spiro atoms. The Balaban J connectivity index is 5.66. The molecule has 12 nitrogen and oxygen atoms in total. The fourth-order valence-corrected chi connectivity index (χ4v) is 1.68. The Bertz CT molecular complexity index is 579. The lowest BCUT2D eigenvalue weighted by molar-refractivity contribution is -0.551. The molecule has 1 unspecified atom stereocenters. The second kappa shape index (κ2) is 10.0. The summed E-state index contributed by atoms with van der Waals surface area (Å²) in [5.74, 6) is -7.93. The average molecular weight is 410 g/mol. The Labute approximate surface area is 161 Å². The van der Waals surface area contributed by atoms with E-state index in [2.05, 4.69) is 14.7 Å². The van der Waals surface area contributed by atoms with Gasteiger partial charge in [0.2, 0.25) is 0 Å². The van der Waals surface area contributed by atoms with Crippen LogP contribution in [0.5, 0.6) is 0 Å². The van der Waals surface area contributed by atoms with Gasteiger partial charge >= 0.3 is 23.9 Å². The van der Waals surface area contributed by atoms with Crippen LogP contribution >= 0.6 is 0 Å². The minimum atomic E-state index is -2.62. The lowest BCUT2D eigenvalue weighted by atomic mass is 10.2. The molecule has 1 atom stereocenters. The highest BCUT2D eigenvalue weighted by Gasteiger charge is 2.41. The van der Waals surface area contributed by atoms with Crippen molar-refractivity contribution in [3.63, 3.8) is 0 Å². The molecule has 28 heavy (non-hydrogen) atoms. The maximum Gasteiger partial charge on any atom is 0.379 e. The van der Waals surface area contributed by atoms with E-state index in [1.165, 1.54) is 41.5 Å². The first kappa shape index (κ1) is 26.1.